The maximum absolute atomic E-state index is 14.0. The van der Waals surface area contributed by atoms with Gasteiger partial charge in [-0.05, 0) is 35.7 Å². The van der Waals surface area contributed by atoms with Crippen molar-refractivity contribution < 1.29 is 9.59 Å². The number of nitrogen functional groups attached to an aromatic ring is 1. The van der Waals surface area contributed by atoms with Crippen LogP contribution in [0.1, 0.15) is 40.0 Å². The molecule has 0 unspecified atom stereocenters. The van der Waals surface area contributed by atoms with Crippen LogP contribution in [-0.2, 0) is 17.9 Å². The third-order valence-corrected chi connectivity index (χ3v) is 7.72. The largest absolute Gasteiger partial charge is 0.375 e. The quantitative estimate of drug-likeness (QED) is 0.203. The average Bonchev–Trinajstić information content (AvgIpc) is 3.46. The number of benzene rings is 4. The molecule has 0 bridgehead atoms. The Balaban J connectivity index is 1.43. The normalized spacial score (nSPS) is 11.5. The fourth-order valence-electron chi connectivity index (χ4n) is 4.75. The van der Waals surface area contributed by atoms with E-state index in [0.717, 1.165) is 27.9 Å². The molecule has 0 aliphatic heterocycles. The molecule has 0 radical (unpaired) electrons. The Kier molecular flexibility index (Phi) is 8.86. The Morgan fingerprint density at radius 1 is 0.780 bits per heavy atom. The van der Waals surface area contributed by atoms with Gasteiger partial charge in [-0.2, -0.15) is 0 Å². The first-order chi connectivity index (χ1) is 20.0. The van der Waals surface area contributed by atoms with Gasteiger partial charge in [-0.1, -0.05) is 103 Å². The van der Waals surface area contributed by atoms with E-state index in [-0.39, 0.29) is 24.4 Å². The van der Waals surface area contributed by atoms with Crippen molar-refractivity contribution in [3.63, 3.8) is 0 Å². The number of aromatic nitrogens is 1. The number of anilines is 1. The highest BCUT2D eigenvalue weighted by Crippen LogP contribution is 2.26. The summed E-state index contributed by atoms with van der Waals surface area (Å²) in [5.74, 6) is -0.332. The van der Waals surface area contributed by atoms with Gasteiger partial charge in [0, 0.05) is 29.6 Å². The number of nitrogens with two attached hydrogens (primary N) is 1. The predicted octanol–water partition coefficient (Wildman–Crippen LogP) is 6.82. The van der Waals surface area contributed by atoms with Crippen LogP contribution in [0.25, 0.3) is 11.3 Å². The van der Waals surface area contributed by atoms with Gasteiger partial charge in [-0.25, -0.2) is 4.98 Å². The highest BCUT2D eigenvalue weighted by atomic mass is 32.1. The molecule has 2 N–H and O–H groups in total. The number of carbonyl (C=O) groups is 2. The molecule has 0 aliphatic carbocycles. The van der Waals surface area contributed by atoms with E-state index < -0.39 is 0 Å². The van der Waals surface area contributed by atoms with Crippen LogP contribution in [0, 0.1) is 0 Å². The summed E-state index contributed by atoms with van der Waals surface area (Å²) in [6.07, 6.45) is 0. The molecule has 7 heteroatoms. The Morgan fingerprint density at radius 3 is 1.83 bits per heavy atom. The van der Waals surface area contributed by atoms with Crippen LogP contribution in [0.2, 0.25) is 0 Å². The second kappa shape index (κ2) is 13.1. The SMILES string of the molecule is C[C@H](c1ccccc1)N(CC(=O)N(Cc1ccccc1)Cc1ccccc1)C(=O)c1ccc(-c2csc(N)n2)cc1. The Bertz CT molecular complexity index is 1530. The van der Waals surface area contributed by atoms with E-state index in [9.17, 15) is 9.59 Å². The molecule has 41 heavy (non-hydrogen) atoms. The molecule has 206 valence electrons. The zero-order chi connectivity index (χ0) is 28.6. The molecule has 0 saturated heterocycles. The fourth-order valence-corrected chi connectivity index (χ4v) is 5.32. The van der Waals surface area contributed by atoms with Crippen LogP contribution < -0.4 is 5.73 Å². The summed E-state index contributed by atoms with van der Waals surface area (Å²) >= 11 is 1.38. The number of hydrogen-bond donors (Lipinski definition) is 1. The fraction of sp³-hybridized carbons (Fsp3) is 0.147. The van der Waals surface area contributed by atoms with Crippen LogP contribution in [0.4, 0.5) is 5.13 Å². The highest BCUT2D eigenvalue weighted by Gasteiger charge is 2.27. The molecule has 1 atom stereocenters. The Hall–Kier alpha value is -4.75. The first kappa shape index (κ1) is 27.8. The molecular weight excluding hydrogens is 528 g/mol. The molecular formula is C34H32N4O2S. The van der Waals surface area contributed by atoms with E-state index >= 15 is 0 Å². The van der Waals surface area contributed by atoms with Crippen LogP contribution >= 0.6 is 11.3 Å². The van der Waals surface area contributed by atoms with Gasteiger partial charge in [-0.3, -0.25) is 9.59 Å². The lowest BCUT2D eigenvalue weighted by Crippen LogP contribution is -2.43. The number of thiazole rings is 1. The summed E-state index contributed by atoms with van der Waals surface area (Å²) < 4.78 is 0. The van der Waals surface area contributed by atoms with E-state index in [1.807, 2.05) is 120 Å². The lowest BCUT2D eigenvalue weighted by Gasteiger charge is -2.32. The summed E-state index contributed by atoms with van der Waals surface area (Å²) in [4.78, 5) is 35.8. The van der Waals surface area contributed by atoms with E-state index in [2.05, 4.69) is 4.98 Å². The molecule has 2 amide bonds. The first-order valence-corrected chi connectivity index (χ1v) is 14.4. The second-order valence-corrected chi connectivity index (χ2v) is 10.8. The summed E-state index contributed by atoms with van der Waals surface area (Å²) in [6.45, 7) is 2.80. The van der Waals surface area contributed by atoms with Gasteiger partial charge in [-0.15, -0.1) is 11.3 Å². The summed E-state index contributed by atoms with van der Waals surface area (Å²) in [6, 6.07) is 36.6. The summed E-state index contributed by atoms with van der Waals surface area (Å²) in [7, 11) is 0. The second-order valence-electron chi connectivity index (χ2n) is 9.89. The van der Waals surface area contributed by atoms with Crippen LogP contribution in [0.15, 0.2) is 121 Å². The van der Waals surface area contributed by atoms with Crippen molar-refractivity contribution in [2.75, 3.05) is 12.3 Å². The molecule has 5 rings (SSSR count). The number of rotatable bonds is 10. The molecule has 1 aromatic heterocycles. The minimum atomic E-state index is -0.319. The predicted molar refractivity (Wildman–Crippen MR) is 165 cm³/mol. The minimum Gasteiger partial charge on any atom is -0.375 e. The zero-order valence-electron chi connectivity index (χ0n) is 22.9. The highest BCUT2D eigenvalue weighted by molar-refractivity contribution is 7.13. The maximum atomic E-state index is 14.0. The van der Waals surface area contributed by atoms with Gasteiger partial charge >= 0.3 is 0 Å². The van der Waals surface area contributed by atoms with Crippen LogP contribution in [-0.4, -0.2) is 33.1 Å². The maximum Gasteiger partial charge on any atom is 0.254 e. The smallest absolute Gasteiger partial charge is 0.254 e. The van der Waals surface area contributed by atoms with Crippen LogP contribution in [0.3, 0.4) is 0 Å². The summed E-state index contributed by atoms with van der Waals surface area (Å²) in [5.41, 5.74) is 11.0. The number of hydrogen-bond acceptors (Lipinski definition) is 5. The molecule has 0 fully saturated rings. The van der Waals surface area contributed by atoms with E-state index in [1.54, 1.807) is 17.0 Å². The molecule has 6 nitrogen and oxygen atoms in total. The van der Waals surface area contributed by atoms with Crippen molar-refractivity contribution in [1.82, 2.24) is 14.8 Å². The van der Waals surface area contributed by atoms with Crippen molar-refractivity contribution in [2.45, 2.75) is 26.1 Å². The third-order valence-electron chi connectivity index (χ3n) is 7.05. The van der Waals surface area contributed by atoms with E-state index in [1.165, 1.54) is 11.3 Å². The Labute approximate surface area is 244 Å². The van der Waals surface area contributed by atoms with Crippen molar-refractivity contribution in [1.29, 1.82) is 0 Å². The number of nitrogens with zero attached hydrogens (tertiary/aromatic N) is 3. The summed E-state index contributed by atoms with van der Waals surface area (Å²) in [5, 5.41) is 2.39. The molecule has 0 saturated carbocycles. The van der Waals surface area contributed by atoms with Crippen molar-refractivity contribution >= 4 is 28.3 Å². The van der Waals surface area contributed by atoms with Gasteiger partial charge in [0.15, 0.2) is 5.13 Å². The Morgan fingerprint density at radius 2 is 1.32 bits per heavy atom. The van der Waals surface area contributed by atoms with Gasteiger partial charge in [0.05, 0.1) is 11.7 Å². The van der Waals surface area contributed by atoms with Crippen molar-refractivity contribution in [3.8, 4) is 11.3 Å². The number of amides is 2. The zero-order valence-corrected chi connectivity index (χ0v) is 23.7. The molecule has 4 aromatic carbocycles. The molecule has 1 heterocycles. The number of carbonyl (C=O) groups excluding carboxylic acids is 2. The van der Waals surface area contributed by atoms with Gasteiger partial charge < -0.3 is 15.5 Å². The van der Waals surface area contributed by atoms with E-state index in [4.69, 9.17) is 5.73 Å². The van der Waals surface area contributed by atoms with Gasteiger partial charge in [0.1, 0.15) is 6.54 Å². The lowest BCUT2D eigenvalue weighted by molar-refractivity contribution is -0.133. The monoisotopic (exact) mass is 560 g/mol. The lowest BCUT2D eigenvalue weighted by atomic mass is 10.0. The minimum absolute atomic E-state index is 0.0566. The van der Waals surface area contributed by atoms with Crippen LogP contribution in [0.5, 0.6) is 0 Å². The van der Waals surface area contributed by atoms with Crippen molar-refractivity contribution in [3.05, 3.63) is 143 Å². The van der Waals surface area contributed by atoms with Crippen molar-refractivity contribution in [2.24, 2.45) is 0 Å². The average molecular weight is 561 g/mol. The topological polar surface area (TPSA) is 79.5 Å². The third kappa shape index (κ3) is 7.07. The van der Waals surface area contributed by atoms with Gasteiger partial charge in [0.25, 0.3) is 5.91 Å². The standard InChI is InChI=1S/C34H32N4O2S/c1-25(28-15-9-4-10-16-28)38(33(40)30-19-17-29(18-20-30)31-24-41-34(35)36-31)23-32(39)37(21-26-11-5-2-6-12-26)22-27-13-7-3-8-14-27/h2-20,24-25H,21-23H2,1H3,(H2,35,36)/t25-/m1/s1. The molecule has 0 aliphatic rings. The first-order valence-electron chi connectivity index (χ1n) is 13.5. The van der Waals surface area contributed by atoms with Gasteiger partial charge in [0.2, 0.25) is 5.91 Å². The molecule has 0 spiro atoms. The molecule has 5 aromatic rings. The van der Waals surface area contributed by atoms with E-state index in [0.29, 0.717) is 23.8 Å².